The van der Waals surface area contributed by atoms with Crippen molar-refractivity contribution >= 4 is 17.8 Å². The molecule has 0 aliphatic carbocycles. The van der Waals surface area contributed by atoms with Gasteiger partial charge in [0.05, 0.1) is 6.54 Å². The average molecular weight is 261 g/mol. The van der Waals surface area contributed by atoms with Crippen molar-refractivity contribution in [3.05, 3.63) is 29.3 Å². The first-order valence-corrected chi connectivity index (χ1v) is 5.77. The minimum atomic E-state index is -0.723. The number of phenols is 1. The first kappa shape index (κ1) is 11.5. The second-order valence-electron chi connectivity index (χ2n) is 4.54. The van der Waals surface area contributed by atoms with Crippen molar-refractivity contribution in [2.45, 2.75) is 12.6 Å². The molecule has 1 saturated heterocycles. The van der Waals surface area contributed by atoms with Gasteiger partial charge >= 0.3 is 6.03 Å². The van der Waals surface area contributed by atoms with Crippen molar-refractivity contribution in [2.75, 3.05) is 6.54 Å². The van der Waals surface area contributed by atoms with Crippen LogP contribution in [0.2, 0.25) is 0 Å². The van der Waals surface area contributed by atoms with Gasteiger partial charge < -0.3 is 15.3 Å². The number of amides is 4. The highest BCUT2D eigenvalue weighted by Gasteiger charge is 2.35. The van der Waals surface area contributed by atoms with Crippen LogP contribution >= 0.6 is 0 Å². The summed E-state index contributed by atoms with van der Waals surface area (Å²) < 4.78 is 0. The van der Waals surface area contributed by atoms with Crippen molar-refractivity contribution in [3.8, 4) is 5.75 Å². The van der Waals surface area contributed by atoms with Crippen LogP contribution in [0.25, 0.3) is 0 Å². The van der Waals surface area contributed by atoms with Crippen LogP contribution in [0.4, 0.5) is 4.79 Å². The van der Waals surface area contributed by atoms with E-state index in [2.05, 4.69) is 10.6 Å². The number of imide groups is 1. The normalized spacial score (nSPS) is 21.4. The molecule has 0 aromatic heterocycles. The maximum atomic E-state index is 12.1. The van der Waals surface area contributed by atoms with Crippen LogP contribution in [0.1, 0.15) is 15.9 Å². The molecule has 2 aliphatic heterocycles. The van der Waals surface area contributed by atoms with E-state index in [9.17, 15) is 19.5 Å². The third-order valence-corrected chi connectivity index (χ3v) is 3.23. The van der Waals surface area contributed by atoms with Gasteiger partial charge in [0.2, 0.25) is 0 Å². The number of nitrogens with zero attached hydrogens (tertiary/aromatic N) is 1. The lowest BCUT2D eigenvalue weighted by atomic mass is 10.1. The summed E-state index contributed by atoms with van der Waals surface area (Å²) in [5.41, 5.74) is 1.23. The Morgan fingerprint density at radius 2 is 2.11 bits per heavy atom. The number of urea groups is 1. The lowest BCUT2D eigenvalue weighted by Crippen LogP contribution is -2.42. The first-order valence-electron chi connectivity index (χ1n) is 5.77. The minimum Gasteiger partial charge on any atom is -0.508 e. The van der Waals surface area contributed by atoms with Crippen molar-refractivity contribution in [3.63, 3.8) is 0 Å². The third kappa shape index (κ3) is 1.88. The number of nitrogens with one attached hydrogen (secondary N) is 2. The Balaban J connectivity index is 1.77. The van der Waals surface area contributed by atoms with Gasteiger partial charge in [-0.1, -0.05) is 6.07 Å². The molecule has 1 aromatic rings. The summed E-state index contributed by atoms with van der Waals surface area (Å²) in [7, 11) is 0. The van der Waals surface area contributed by atoms with Crippen molar-refractivity contribution in [2.24, 2.45) is 0 Å². The minimum absolute atomic E-state index is 0.0286. The van der Waals surface area contributed by atoms with Gasteiger partial charge in [0.15, 0.2) is 0 Å². The van der Waals surface area contributed by atoms with E-state index in [1.54, 1.807) is 6.07 Å². The number of rotatable bonds is 2. The summed E-state index contributed by atoms with van der Waals surface area (Å²) in [5, 5.41) is 13.9. The summed E-state index contributed by atoms with van der Waals surface area (Å²) in [5.74, 6) is -0.655. The molecule has 2 aliphatic rings. The maximum absolute atomic E-state index is 12.1. The van der Waals surface area contributed by atoms with E-state index in [1.165, 1.54) is 17.0 Å². The fourth-order valence-corrected chi connectivity index (χ4v) is 2.30. The van der Waals surface area contributed by atoms with Gasteiger partial charge in [-0.3, -0.25) is 14.9 Å². The zero-order valence-electron chi connectivity index (χ0n) is 9.84. The molecule has 1 fully saturated rings. The van der Waals surface area contributed by atoms with Crippen LogP contribution in [-0.4, -0.2) is 40.4 Å². The Labute approximate surface area is 108 Å². The molecule has 0 radical (unpaired) electrons. The molecule has 3 N–H and O–H groups in total. The monoisotopic (exact) mass is 261 g/mol. The van der Waals surface area contributed by atoms with Crippen molar-refractivity contribution in [1.82, 2.24) is 15.5 Å². The lowest BCUT2D eigenvalue weighted by molar-refractivity contribution is -0.120. The van der Waals surface area contributed by atoms with Gasteiger partial charge in [0.25, 0.3) is 11.8 Å². The second kappa shape index (κ2) is 3.98. The highest BCUT2D eigenvalue weighted by atomic mass is 16.3. The molecule has 98 valence electrons. The Morgan fingerprint density at radius 3 is 2.79 bits per heavy atom. The summed E-state index contributed by atoms with van der Waals surface area (Å²) in [6.45, 7) is 0.486. The fourth-order valence-electron chi connectivity index (χ4n) is 2.30. The first-order chi connectivity index (χ1) is 9.04. The van der Waals surface area contributed by atoms with Gasteiger partial charge in [-0.15, -0.1) is 0 Å². The van der Waals surface area contributed by atoms with E-state index < -0.39 is 18.0 Å². The smallest absolute Gasteiger partial charge is 0.322 e. The molecule has 1 aromatic carbocycles. The predicted octanol–water partition coefficient (Wildman–Crippen LogP) is -0.444. The van der Waals surface area contributed by atoms with Crippen LogP contribution in [0.5, 0.6) is 5.75 Å². The topological polar surface area (TPSA) is 98.7 Å². The predicted molar refractivity (Wildman–Crippen MR) is 63.3 cm³/mol. The summed E-state index contributed by atoms with van der Waals surface area (Å²) in [6, 6.07) is 3.33. The zero-order chi connectivity index (χ0) is 13.6. The fraction of sp³-hybridized carbons (Fsp3) is 0.250. The number of aromatic hydroxyl groups is 1. The molecular formula is C12H11N3O4. The molecule has 7 heteroatoms. The van der Waals surface area contributed by atoms with Gasteiger partial charge in [0, 0.05) is 12.1 Å². The Kier molecular flexibility index (Phi) is 2.41. The van der Waals surface area contributed by atoms with Crippen molar-refractivity contribution in [1.29, 1.82) is 0 Å². The van der Waals surface area contributed by atoms with Crippen LogP contribution in [-0.2, 0) is 11.3 Å². The van der Waals surface area contributed by atoms with E-state index in [4.69, 9.17) is 0 Å². The SMILES string of the molecule is O=C1NC(=O)[C@@H](CN2Cc3ccc(O)cc3C2=O)N1. The summed E-state index contributed by atoms with van der Waals surface area (Å²) >= 11 is 0. The summed E-state index contributed by atoms with van der Waals surface area (Å²) in [4.78, 5) is 36.0. The Bertz CT molecular complexity index is 599. The number of hydrogen-bond acceptors (Lipinski definition) is 4. The zero-order valence-corrected chi connectivity index (χ0v) is 9.84. The molecule has 0 saturated carbocycles. The van der Waals surface area contributed by atoms with E-state index >= 15 is 0 Å². The number of fused-ring (bicyclic) bond motifs is 1. The van der Waals surface area contributed by atoms with Gasteiger partial charge in [-0.2, -0.15) is 0 Å². The molecule has 3 rings (SSSR count). The third-order valence-electron chi connectivity index (χ3n) is 3.23. The molecule has 4 amide bonds. The molecular weight excluding hydrogens is 250 g/mol. The van der Waals surface area contributed by atoms with Crippen molar-refractivity contribution < 1.29 is 19.5 Å². The maximum Gasteiger partial charge on any atom is 0.322 e. The van der Waals surface area contributed by atoms with Crippen LogP contribution in [0, 0.1) is 0 Å². The van der Waals surface area contributed by atoms with E-state index in [1.807, 2.05) is 0 Å². The molecule has 1 atom stereocenters. The van der Waals surface area contributed by atoms with Gasteiger partial charge in [-0.05, 0) is 17.7 Å². The average Bonchev–Trinajstić information content (AvgIpc) is 2.82. The molecule has 2 heterocycles. The molecule has 0 unspecified atom stereocenters. The lowest BCUT2D eigenvalue weighted by Gasteiger charge is -2.18. The Hall–Kier alpha value is -2.57. The van der Waals surface area contributed by atoms with E-state index in [0.717, 1.165) is 5.56 Å². The highest BCUT2D eigenvalue weighted by molar-refractivity contribution is 6.05. The molecule has 0 spiro atoms. The quantitative estimate of drug-likeness (QED) is 0.628. The highest BCUT2D eigenvalue weighted by Crippen LogP contribution is 2.26. The Morgan fingerprint density at radius 1 is 1.32 bits per heavy atom. The molecule has 7 nitrogen and oxygen atoms in total. The van der Waals surface area contributed by atoms with Crippen LogP contribution in [0.15, 0.2) is 18.2 Å². The molecule has 0 bridgehead atoms. The van der Waals surface area contributed by atoms with Crippen LogP contribution < -0.4 is 10.6 Å². The van der Waals surface area contributed by atoms with E-state index in [0.29, 0.717) is 12.1 Å². The largest absolute Gasteiger partial charge is 0.508 e. The molecule has 19 heavy (non-hydrogen) atoms. The van der Waals surface area contributed by atoms with Gasteiger partial charge in [0.1, 0.15) is 11.8 Å². The second-order valence-corrected chi connectivity index (χ2v) is 4.54. The standard InChI is InChI=1S/C12H11N3O4/c16-7-2-1-6-4-15(11(18)8(6)3-7)5-9-10(17)14-12(19)13-9/h1-3,9,16H,4-5H2,(H2,13,14,17,19)/t9-/m1/s1. The van der Waals surface area contributed by atoms with E-state index in [-0.39, 0.29) is 18.2 Å². The number of benzene rings is 1. The number of carbonyl (C=O) groups excluding carboxylic acids is 3. The number of carbonyl (C=O) groups is 3. The summed E-state index contributed by atoms with van der Waals surface area (Å²) in [6.07, 6.45) is 0. The number of hydrogen-bond donors (Lipinski definition) is 3. The van der Waals surface area contributed by atoms with Gasteiger partial charge in [-0.25, -0.2) is 4.79 Å². The number of phenolic OH excluding ortho intramolecular Hbond substituents is 1. The van der Waals surface area contributed by atoms with Crippen LogP contribution in [0.3, 0.4) is 0 Å².